The van der Waals surface area contributed by atoms with Gasteiger partial charge in [0.2, 0.25) is 0 Å². The minimum atomic E-state index is -0.608. The van der Waals surface area contributed by atoms with Crippen LogP contribution in [0.4, 0.5) is 0 Å². The fourth-order valence-corrected chi connectivity index (χ4v) is 3.90. The van der Waals surface area contributed by atoms with Gasteiger partial charge in [0.15, 0.2) is 0 Å². The van der Waals surface area contributed by atoms with Gasteiger partial charge in [-0.3, -0.25) is 4.84 Å². The van der Waals surface area contributed by atoms with Crippen molar-refractivity contribution in [2.45, 2.75) is 19.0 Å². The molecule has 0 amide bonds. The lowest BCUT2D eigenvalue weighted by Gasteiger charge is -2.35. The minimum Gasteiger partial charge on any atom is -0.303 e. The first-order valence-corrected chi connectivity index (χ1v) is 9.25. The maximum atomic E-state index is 12.0. The lowest BCUT2D eigenvalue weighted by Crippen LogP contribution is -2.34. The van der Waals surface area contributed by atoms with Gasteiger partial charge in [0.05, 0.1) is 24.1 Å². The third-order valence-electron chi connectivity index (χ3n) is 5.27. The van der Waals surface area contributed by atoms with Crippen molar-refractivity contribution in [1.82, 2.24) is 5.06 Å². The maximum Gasteiger partial charge on any atom is 0.130 e. The molecule has 1 heterocycles. The Bertz CT molecular complexity index is 843. The van der Waals surface area contributed by atoms with Crippen LogP contribution in [0.3, 0.4) is 0 Å². The third-order valence-corrected chi connectivity index (χ3v) is 5.27. The fourth-order valence-electron chi connectivity index (χ4n) is 3.90. The SMILES string of the molecule is C[C@]1(C=O)CON(C(c2ccccc2)c2ccccc2)[C@@H]1c1ccccc1. The van der Waals surface area contributed by atoms with Crippen molar-refractivity contribution in [3.05, 3.63) is 108 Å². The van der Waals surface area contributed by atoms with Gasteiger partial charge >= 0.3 is 0 Å². The van der Waals surface area contributed by atoms with E-state index in [0.29, 0.717) is 6.61 Å². The van der Waals surface area contributed by atoms with Crippen molar-refractivity contribution in [2.75, 3.05) is 6.61 Å². The quantitative estimate of drug-likeness (QED) is 0.604. The van der Waals surface area contributed by atoms with Crippen molar-refractivity contribution in [2.24, 2.45) is 5.41 Å². The van der Waals surface area contributed by atoms with Gasteiger partial charge in [-0.2, -0.15) is 5.06 Å². The van der Waals surface area contributed by atoms with E-state index in [1.165, 1.54) is 0 Å². The van der Waals surface area contributed by atoms with Crippen molar-refractivity contribution in [3.63, 3.8) is 0 Å². The zero-order valence-corrected chi connectivity index (χ0v) is 15.4. The van der Waals surface area contributed by atoms with Crippen LogP contribution in [0.15, 0.2) is 91.0 Å². The van der Waals surface area contributed by atoms with Crippen molar-refractivity contribution in [1.29, 1.82) is 0 Å². The Balaban J connectivity index is 1.85. The summed E-state index contributed by atoms with van der Waals surface area (Å²) in [6.07, 6.45) is 1.04. The van der Waals surface area contributed by atoms with E-state index < -0.39 is 5.41 Å². The van der Waals surface area contributed by atoms with Crippen molar-refractivity contribution < 1.29 is 9.63 Å². The molecule has 1 aliphatic heterocycles. The van der Waals surface area contributed by atoms with E-state index in [0.717, 1.165) is 23.0 Å². The van der Waals surface area contributed by atoms with E-state index in [1.807, 2.05) is 66.6 Å². The molecule has 3 nitrogen and oxygen atoms in total. The average Bonchev–Trinajstić information content (AvgIpc) is 3.08. The largest absolute Gasteiger partial charge is 0.303 e. The van der Waals surface area contributed by atoms with Crippen LogP contribution in [-0.4, -0.2) is 18.0 Å². The molecule has 3 aromatic carbocycles. The Morgan fingerprint density at radius 1 is 0.889 bits per heavy atom. The molecule has 1 saturated heterocycles. The molecule has 1 fully saturated rings. The van der Waals surface area contributed by atoms with Crippen LogP contribution < -0.4 is 0 Å². The maximum absolute atomic E-state index is 12.0. The van der Waals surface area contributed by atoms with Gasteiger partial charge in [-0.25, -0.2) is 0 Å². The zero-order valence-electron chi connectivity index (χ0n) is 15.4. The summed E-state index contributed by atoms with van der Waals surface area (Å²) in [6, 6.07) is 30.5. The van der Waals surface area contributed by atoms with E-state index in [-0.39, 0.29) is 12.1 Å². The molecule has 0 unspecified atom stereocenters. The van der Waals surface area contributed by atoms with Crippen LogP contribution in [0, 0.1) is 5.41 Å². The smallest absolute Gasteiger partial charge is 0.130 e. The van der Waals surface area contributed by atoms with Gasteiger partial charge in [0.1, 0.15) is 6.29 Å². The molecule has 27 heavy (non-hydrogen) atoms. The topological polar surface area (TPSA) is 29.5 Å². The Hall–Kier alpha value is -2.75. The summed E-state index contributed by atoms with van der Waals surface area (Å²) in [5.41, 5.74) is 2.75. The Morgan fingerprint density at radius 3 is 1.85 bits per heavy atom. The molecule has 0 spiro atoms. The van der Waals surface area contributed by atoms with Crippen LogP contribution in [0.5, 0.6) is 0 Å². The minimum absolute atomic E-state index is 0.0978. The van der Waals surface area contributed by atoms with Gasteiger partial charge in [0, 0.05) is 0 Å². The van der Waals surface area contributed by atoms with Crippen LogP contribution >= 0.6 is 0 Å². The monoisotopic (exact) mass is 357 g/mol. The lowest BCUT2D eigenvalue weighted by atomic mass is 9.80. The molecule has 136 valence electrons. The summed E-state index contributed by atoms with van der Waals surface area (Å²) in [6.45, 7) is 2.34. The van der Waals surface area contributed by atoms with Crippen molar-refractivity contribution in [3.8, 4) is 0 Å². The molecule has 0 bridgehead atoms. The summed E-state index contributed by atoms with van der Waals surface area (Å²) in [5.74, 6) is 0. The average molecular weight is 357 g/mol. The first kappa shape index (κ1) is 17.7. The van der Waals surface area contributed by atoms with Gasteiger partial charge < -0.3 is 4.79 Å². The molecule has 0 N–H and O–H groups in total. The van der Waals surface area contributed by atoms with Crippen molar-refractivity contribution >= 4 is 6.29 Å². The van der Waals surface area contributed by atoms with Crippen LogP contribution in [0.25, 0.3) is 0 Å². The highest BCUT2D eigenvalue weighted by Crippen LogP contribution is 2.48. The van der Waals surface area contributed by atoms with E-state index in [1.54, 1.807) is 0 Å². The molecule has 0 aliphatic carbocycles. The number of rotatable bonds is 5. The highest BCUT2D eigenvalue weighted by molar-refractivity contribution is 5.62. The third kappa shape index (κ3) is 3.32. The number of hydrogen-bond donors (Lipinski definition) is 0. The molecule has 1 aliphatic rings. The van der Waals surface area contributed by atoms with E-state index in [2.05, 4.69) is 36.4 Å². The van der Waals surface area contributed by atoms with Crippen LogP contribution in [0.2, 0.25) is 0 Å². The lowest BCUT2D eigenvalue weighted by molar-refractivity contribution is -0.156. The first-order valence-electron chi connectivity index (χ1n) is 9.25. The summed E-state index contributed by atoms with van der Waals surface area (Å²) in [5, 5.41) is 2.01. The Kier molecular flexibility index (Phi) is 4.88. The zero-order chi connectivity index (χ0) is 18.7. The second kappa shape index (κ2) is 7.47. The summed E-state index contributed by atoms with van der Waals surface area (Å²) in [4.78, 5) is 18.2. The fraction of sp³-hybridized carbons (Fsp3) is 0.208. The number of hydroxylamine groups is 2. The predicted molar refractivity (Wildman–Crippen MR) is 106 cm³/mol. The van der Waals surface area contributed by atoms with E-state index in [4.69, 9.17) is 4.84 Å². The molecule has 0 saturated carbocycles. The van der Waals surface area contributed by atoms with Gasteiger partial charge in [0.25, 0.3) is 0 Å². The van der Waals surface area contributed by atoms with Gasteiger partial charge in [-0.1, -0.05) is 91.0 Å². The number of carbonyl (C=O) groups is 1. The Labute approximate surface area is 160 Å². The van der Waals surface area contributed by atoms with Gasteiger partial charge in [-0.05, 0) is 23.6 Å². The number of carbonyl (C=O) groups excluding carboxylic acids is 1. The Morgan fingerprint density at radius 2 is 1.37 bits per heavy atom. The van der Waals surface area contributed by atoms with Crippen LogP contribution in [-0.2, 0) is 9.63 Å². The van der Waals surface area contributed by atoms with Crippen LogP contribution in [0.1, 0.15) is 35.7 Å². The number of benzene rings is 3. The molecular weight excluding hydrogens is 334 g/mol. The standard InChI is InChI=1S/C24H23NO2/c1-24(17-26)18-27-25(23(24)21-15-9-4-10-16-21)22(19-11-5-2-6-12-19)20-13-7-3-8-14-20/h2-17,22-23H,18H2,1H3/t23-,24+/m1/s1. The second-order valence-corrected chi connectivity index (χ2v) is 7.29. The van der Waals surface area contributed by atoms with E-state index >= 15 is 0 Å². The first-order chi connectivity index (χ1) is 13.2. The summed E-state index contributed by atoms with van der Waals surface area (Å²) < 4.78 is 0. The normalized spacial score (nSPS) is 22.8. The molecule has 4 rings (SSSR count). The predicted octanol–water partition coefficient (Wildman–Crippen LogP) is 4.97. The number of nitrogens with zero attached hydrogens (tertiary/aromatic N) is 1. The summed E-state index contributed by atoms with van der Waals surface area (Å²) >= 11 is 0. The highest BCUT2D eigenvalue weighted by atomic mass is 16.7. The highest BCUT2D eigenvalue weighted by Gasteiger charge is 2.49. The number of aldehydes is 1. The molecule has 0 radical (unpaired) electrons. The summed E-state index contributed by atoms with van der Waals surface area (Å²) in [7, 11) is 0. The molecule has 3 heteroatoms. The molecular formula is C24H23NO2. The van der Waals surface area contributed by atoms with Gasteiger partial charge in [-0.15, -0.1) is 0 Å². The second-order valence-electron chi connectivity index (χ2n) is 7.29. The molecule has 2 atom stereocenters. The van der Waals surface area contributed by atoms with E-state index in [9.17, 15) is 4.79 Å². The molecule has 0 aromatic heterocycles. The molecule has 3 aromatic rings. The number of hydrogen-bond acceptors (Lipinski definition) is 3.